The minimum Gasteiger partial charge on any atom is -0.484 e. The van der Waals surface area contributed by atoms with Crippen molar-refractivity contribution in [2.45, 2.75) is 19.6 Å². The number of piperazine rings is 1. The number of amides is 1. The van der Waals surface area contributed by atoms with Crippen LogP contribution in [0.1, 0.15) is 20.1 Å². The zero-order valence-electron chi connectivity index (χ0n) is 15.0. The molecule has 0 bridgehead atoms. The number of thiophene rings is 1. The minimum atomic E-state index is -4.35. The first kappa shape index (κ1) is 19.7. The van der Waals surface area contributed by atoms with Crippen molar-refractivity contribution in [2.75, 3.05) is 32.8 Å². The van der Waals surface area contributed by atoms with Crippen LogP contribution in [-0.4, -0.2) is 54.7 Å². The van der Waals surface area contributed by atoms with Crippen molar-refractivity contribution in [1.82, 2.24) is 9.80 Å². The highest BCUT2D eigenvalue weighted by atomic mass is 32.1. The van der Waals surface area contributed by atoms with Crippen molar-refractivity contribution in [3.05, 3.63) is 51.7 Å². The molecule has 1 fully saturated rings. The van der Waals surface area contributed by atoms with Crippen LogP contribution in [0, 0.1) is 6.92 Å². The van der Waals surface area contributed by atoms with Gasteiger partial charge in [0.2, 0.25) is 0 Å². The maximum atomic E-state index is 12.5. The van der Waals surface area contributed by atoms with Gasteiger partial charge in [0.15, 0.2) is 6.61 Å². The summed E-state index contributed by atoms with van der Waals surface area (Å²) in [4.78, 5) is 18.4. The normalized spacial score (nSPS) is 15.8. The van der Waals surface area contributed by atoms with E-state index in [9.17, 15) is 18.0 Å². The predicted octanol–water partition coefficient (Wildman–Crippen LogP) is 3.96. The van der Waals surface area contributed by atoms with Crippen LogP contribution in [0.15, 0.2) is 36.4 Å². The summed E-state index contributed by atoms with van der Waals surface area (Å²) in [5.41, 5.74) is 0.892. The van der Waals surface area contributed by atoms with Crippen molar-refractivity contribution in [3.8, 4) is 5.75 Å². The fourth-order valence-corrected chi connectivity index (χ4v) is 3.81. The Morgan fingerprint density at radius 3 is 2.52 bits per heavy atom. The largest absolute Gasteiger partial charge is 0.484 e. The molecule has 146 valence electrons. The third kappa shape index (κ3) is 5.71. The van der Waals surface area contributed by atoms with Crippen LogP contribution in [0.5, 0.6) is 5.75 Å². The Labute approximate surface area is 160 Å². The Morgan fingerprint density at radius 2 is 1.89 bits per heavy atom. The van der Waals surface area contributed by atoms with Crippen LogP contribution in [0.4, 0.5) is 13.2 Å². The van der Waals surface area contributed by atoms with Crippen LogP contribution >= 0.6 is 11.3 Å². The summed E-state index contributed by atoms with van der Waals surface area (Å²) in [6, 6.07) is 10.5. The molecule has 0 aliphatic carbocycles. The second-order valence-corrected chi connectivity index (χ2v) is 7.82. The van der Waals surface area contributed by atoms with Crippen molar-refractivity contribution in [3.63, 3.8) is 0 Å². The van der Waals surface area contributed by atoms with Gasteiger partial charge in [-0.05, 0) is 36.8 Å². The Hall–Kier alpha value is -2.06. The van der Waals surface area contributed by atoms with Gasteiger partial charge in [-0.15, -0.1) is 11.3 Å². The van der Waals surface area contributed by atoms with Gasteiger partial charge >= 0.3 is 6.18 Å². The summed E-state index contributed by atoms with van der Waals surface area (Å²) in [5, 5.41) is 0. The molecule has 0 spiro atoms. The molecule has 4 nitrogen and oxygen atoms in total. The SMILES string of the molecule is Cc1ccc(C(=O)N2CCN(Cc3cccc(OCC(F)(F)F)c3)CC2)s1. The van der Waals surface area contributed by atoms with Gasteiger partial charge in [0.1, 0.15) is 5.75 Å². The van der Waals surface area contributed by atoms with Gasteiger partial charge in [0.05, 0.1) is 4.88 Å². The molecule has 0 radical (unpaired) electrons. The van der Waals surface area contributed by atoms with Crippen molar-refractivity contribution in [2.24, 2.45) is 0 Å². The summed E-state index contributed by atoms with van der Waals surface area (Å²) in [5.74, 6) is 0.280. The third-order valence-electron chi connectivity index (χ3n) is 4.32. The average molecular weight is 398 g/mol. The van der Waals surface area contributed by atoms with E-state index in [1.165, 1.54) is 17.4 Å². The molecule has 27 heavy (non-hydrogen) atoms. The summed E-state index contributed by atoms with van der Waals surface area (Å²) >= 11 is 1.50. The Morgan fingerprint density at radius 1 is 1.15 bits per heavy atom. The lowest BCUT2D eigenvalue weighted by atomic mass is 10.2. The molecular weight excluding hydrogens is 377 g/mol. The second kappa shape index (κ2) is 8.31. The van der Waals surface area contributed by atoms with E-state index in [1.54, 1.807) is 12.1 Å². The molecule has 0 unspecified atom stereocenters. The van der Waals surface area contributed by atoms with Gasteiger partial charge in [-0.1, -0.05) is 12.1 Å². The molecule has 1 aliphatic rings. The number of hydrogen-bond acceptors (Lipinski definition) is 4. The van der Waals surface area contributed by atoms with Gasteiger partial charge in [0.25, 0.3) is 5.91 Å². The quantitative estimate of drug-likeness (QED) is 0.765. The van der Waals surface area contributed by atoms with Crippen LogP contribution < -0.4 is 4.74 Å². The maximum absolute atomic E-state index is 12.5. The van der Waals surface area contributed by atoms with Gasteiger partial charge in [-0.3, -0.25) is 9.69 Å². The molecule has 8 heteroatoms. The fraction of sp³-hybridized carbons (Fsp3) is 0.421. The van der Waals surface area contributed by atoms with E-state index in [0.29, 0.717) is 19.6 Å². The molecule has 1 saturated heterocycles. The molecule has 1 aromatic carbocycles. The lowest BCUT2D eigenvalue weighted by Crippen LogP contribution is -2.48. The number of aryl methyl sites for hydroxylation is 1. The summed E-state index contributed by atoms with van der Waals surface area (Å²) in [6.07, 6.45) is -4.35. The number of benzene rings is 1. The fourth-order valence-electron chi connectivity index (χ4n) is 2.97. The van der Waals surface area contributed by atoms with Crippen molar-refractivity contribution in [1.29, 1.82) is 0 Å². The molecule has 1 aromatic heterocycles. The lowest BCUT2D eigenvalue weighted by molar-refractivity contribution is -0.153. The molecule has 2 aromatic rings. The van der Waals surface area contributed by atoms with Gasteiger partial charge < -0.3 is 9.64 Å². The summed E-state index contributed by atoms with van der Waals surface area (Å²) in [7, 11) is 0. The smallest absolute Gasteiger partial charge is 0.422 e. The van der Waals surface area contributed by atoms with Crippen LogP contribution in [-0.2, 0) is 6.54 Å². The molecule has 1 amide bonds. The first-order chi connectivity index (χ1) is 12.8. The molecule has 0 saturated carbocycles. The standard InChI is InChI=1S/C19H21F3N2O2S/c1-14-5-6-17(27-14)18(25)24-9-7-23(8-10-24)12-15-3-2-4-16(11-15)26-13-19(20,21)22/h2-6,11H,7-10,12-13H2,1H3. The zero-order valence-corrected chi connectivity index (χ0v) is 15.8. The monoisotopic (exact) mass is 398 g/mol. The van der Waals surface area contributed by atoms with Crippen molar-refractivity contribution < 1.29 is 22.7 Å². The third-order valence-corrected chi connectivity index (χ3v) is 5.31. The number of halogens is 3. The number of nitrogens with zero attached hydrogens (tertiary/aromatic N) is 2. The van der Waals surface area contributed by atoms with E-state index in [2.05, 4.69) is 4.90 Å². The van der Waals surface area contributed by atoms with Crippen molar-refractivity contribution >= 4 is 17.2 Å². The molecular formula is C19H21F3N2O2S. The average Bonchev–Trinajstić information content (AvgIpc) is 3.06. The topological polar surface area (TPSA) is 32.8 Å². The molecule has 0 atom stereocenters. The number of alkyl halides is 3. The van der Waals surface area contributed by atoms with Gasteiger partial charge in [-0.2, -0.15) is 13.2 Å². The summed E-state index contributed by atoms with van der Waals surface area (Å²) in [6.45, 7) is 4.03. The number of rotatable bonds is 5. The highest BCUT2D eigenvalue weighted by molar-refractivity contribution is 7.13. The van der Waals surface area contributed by atoms with E-state index in [0.717, 1.165) is 28.4 Å². The Bertz CT molecular complexity index is 783. The second-order valence-electron chi connectivity index (χ2n) is 6.53. The number of ether oxygens (including phenoxy) is 1. The first-order valence-electron chi connectivity index (χ1n) is 8.67. The minimum absolute atomic E-state index is 0.0651. The molecule has 0 N–H and O–H groups in total. The summed E-state index contributed by atoms with van der Waals surface area (Å²) < 4.78 is 41.6. The maximum Gasteiger partial charge on any atom is 0.422 e. The molecule has 2 heterocycles. The van der Waals surface area contributed by atoms with Crippen LogP contribution in [0.2, 0.25) is 0 Å². The van der Waals surface area contributed by atoms with E-state index in [4.69, 9.17) is 4.74 Å². The first-order valence-corrected chi connectivity index (χ1v) is 9.48. The Kier molecular flexibility index (Phi) is 6.06. The van der Waals surface area contributed by atoms with E-state index in [-0.39, 0.29) is 11.7 Å². The highest BCUT2D eigenvalue weighted by Gasteiger charge is 2.28. The van der Waals surface area contributed by atoms with Gasteiger partial charge in [-0.25, -0.2) is 0 Å². The Balaban J connectivity index is 1.51. The van der Waals surface area contributed by atoms with Gasteiger partial charge in [0, 0.05) is 37.6 Å². The predicted molar refractivity (Wildman–Crippen MR) is 98.2 cm³/mol. The zero-order chi connectivity index (χ0) is 19.4. The van der Waals surface area contributed by atoms with E-state index in [1.807, 2.05) is 30.0 Å². The van der Waals surface area contributed by atoms with E-state index < -0.39 is 12.8 Å². The van der Waals surface area contributed by atoms with Crippen LogP contribution in [0.25, 0.3) is 0 Å². The lowest BCUT2D eigenvalue weighted by Gasteiger charge is -2.34. The number of carbonyl (C=O) groups excluding carboxylic acids is 1. The number of carbonyl (C=O) groups is 1. The highest BCUT2D eigenvalue weighted by Crippen LogP contribution is 2.21. The number of hydrogen-bond donors (Lipinski definition) is 0. The molecule has 3 rings (SSSR count). The molecule has 1 aliphatic heterocycles. The van der Waals surface area contributed by atoms with E-state index >= 15 is 0 Å². The van der Waals surface area contributed by atoms with Crippen LogP contribution in [0.3, 0.4) is 0 Å².